The number of pyridine rings is 1. The molecule has 0 spiro atoms. The maximum Gasteiger partial charge on any atom is 0.358 e. The highest BCUT2D eigenvalue weighted by atomic mass is 16.5. The van der Waals surface area contributed by atoms with Gasteiger partial charge in [-0.2, -0.15) is 0 Å². The number of nitrogens with zero attached hydrogens (tertiary/aromatic N) is 1. The van der Waals surface area contributed by atoms with E-state index in [1.54, 1.807) is 19.1 Å². The third kappa shape index (κ3) is 3.40. The number of rotatable bonds is 4. The number of carbonyl (C=O) groups is 1. The Morgan fingerprint density at radius 1 is 1.14 bits per heavy atom. The van der Waals surface area contributed by atoms with E-state index < -0.39 is 5.97 Å². The molecule has 2 rings (SSSR count). The van der Waals surface area contributed by atoms with Crippen LogP contribution in [0.3, 0.4) is 0 Å². The third-order valence-electron chi connectivity index (χ3n) is 3.41. The molecule has 0 aliphatic heterocycles. The molecular weight excluding hydrogens is 266 g/mol. The van der Waals surface area contributed by atoms with E-state index in [1.165, 1.54) is 5.56 Å². The van der Waals surface area contributed by atoms with Crippen molar-refractivity contribution in [2.45, 2.75) is 34.3 Å². The fourth-order valence-corrected chi connectivity index (χ4v) is 2.40. The van der Waals surface area contributed by atoms with Crippen LogP contribution in [0.1, 0.15) is 38.4 Å². The zero-order chi connectivity index (χ0) is 15.6. The van der Waals surface area contributed by atoms with Crippen LogP contribution in [-0.4, -0.2) is 16.1 Å². The van der Waals surface area contributed by atoms with Gasteiger partial charge in [0, 0.05) is 5.69 Å². The first-order chi connectivity index (χ1) is 9.88. The fourth-order valence-electron chi connectivity index (χ4n) is 2.40. The molecule has 110 valence electrons. The van der Waals surface area contributed by atoms with Crippen LogP contribution in [0.2, 0.25) is 0 Å². The second kappa shape index (κ2) is 5.95. The van der Waals surface area contributed by atoms with E-state index in [1.807, 2.05) is 13.8 Å². The molecule has 0 aliphatic rings. The van der Waals surface area contributed by atoms with Crippen LogP contribution in [0.4, 0.5) is 0 Å². The number of hydrogen-bond donors (Lipinski definition) is 1. The van der Waals surface area contributed by atoms with Gasteiger partial charge in [0.15, 0.2) is 11.4 Å². The van der Waals surface area contributed by atoms with Crippen molar-refractivity contribution in [2.24, 2.45) is 0 Å². The monoisotopic (exact) mass is 285 g/mol. The average molecular weight is 285 g/mol. The standard InChI is InChI=1S/C17H19NO3/c1-10-7-11(2)14(12(3)8-10)9-21-15-6-5-13(4)18-16(15)17(19)20/h5-8H,9H2,1-4H3,(H,19,20). The van der Waals surface area contributed by atoms with Gasteiger partial charge in [0.2, 0.25) is 0 Å². The summed E-state index contributed by atoms with van der Waals surface area (Å²) in [7, 11) is 0. The molecule has 0 amide bonds. The van der Waals surface area contributed by atoms with Gasteiger partial charge in [0.1, 0.15) is 6.61 Å². The van der Waals surface area contributed by atoms with Gasteiger partial charge >= 0.3 is 5.97 Å². The maximum absolute atomic E-state index is 11.2. The van der Waals surface area contributed by atoms with Gasteiger partial charge in [0.25, 0.3) is 0 Å². The van der Waals surface area contributed by atoms with E-state index >= 15 is 0 Å². The first-order valence-corrected chi connectivity index (χ1v) is 6.79. The van der Waals surface area contributed by atoms with Crippen molar-refractivity contribution in [3.05, 3.63) is 57.9 Å². The molecule has 1 N–H and O–H groups in total. The van der Waals surface area contributed by atoms with Gasteiger partial charge < -0.3 is 9.84 Å². The summed E-state index contributed by atoms with van der Waals surface area (Å²) < 4.78 is 5.70. The van der Waals surface area contributed by atoms with Crippen molar-refractivity contribution in [3.63, 3.8) is 0 Å². The van der Waals surface area contributed by atoms with Gasteiger partial charge in [0.05, 0.1) is 0 Å². The summed E-state index contributed by atoms with van der Waals surface area (Å²) in [6.45, 7) is 8.21. The van der Waals surface area contributed by atoms with E-state index in [-0.39, 0.29) is 5.69 Å². The van der Waals surface area contributed by atoms with Gasteiger partial charge in [-0.15, -0.1) is 0 Å². The van der Waals surface area contributed by atoms with Crippen molar-refractivity contribution in [1.82, 2.24) is 4.98 Å². The molecule has 0 aliphatic carbocycles. The number of aromatic carboxylic acids is 1. The van der Waals surface area contributed by atoms with Gasteiger partial charge in [-0.1, -0.05) is 17.7 Å². The average Bonchev–Trinajstić information content (AvgIpc) is 2.38. The molecule has 4 nitrogen and oxygen atoms in total. The summed E-state index contributed by atoms with van der Waals surface area (Å²) in [5, 5.41) is 9.19. The molecule has 0 saturated carbocycles. The topological polar surface area (TPSA) is 59.4 Å². The third-order valence-corrected chi connectivity index (χ3v) is 3.41. The Kier molecular flexibility index (Phi) is 4.26. The van der Waals surface area contributed by atoms with E-state index in [9.17, 15) is 9.90 Å². The molecule has 0 saturated heterocycles. The SMILES string of the molecule is Cc1cc(C)c(COc2ccc(C)nc2C(=O)O)c(C)c1. The Morgan fingerprint density at radius 3 is 2.33 bits per heavy atom. The molecule has 0 unspecified atom stereocenters. The molecule has 1 heterocycles. The minimum absolute atomic E-state index is 0.0441. The van der Waals surface area contributed by atoms with Crippen molar-refractivity contribution in [3.8, 4) is 5.75 Å². The van der Waals surface area contributed by atoms with Crippen LogP contribution in [0.5, 0.6) is 5.75 Å². The van der Waals surface area contributed by atoms with Crippen molar-refractivity contribution >= 4 is 5.97 Å². The minimum Gasteiger partial charge on any atom is -0.486 e. The van der Waals surface area contributed by atoms with Crippen LogP contribution in [0, 0.1) is 27.7 Å². The smallest absolute Gasteiger partial charge is 0.358 e. The Morgan fingerprint density at radius 2 is 1.76 bits per heavy atom. The van der Waals surface area contributed by atoms with Gasteiger partial charge in [-0.3, -0.25) is 0 Å². The quantitative estimate of drug-likeness (QED) is 0.932. The van der Waals surface area contributed by atoms with Gasteiger partial charge in [-0.25, -0.2) is 9.78 Å². The molecule has 4 heteroatoms. The number of benzene rings is 1. The predicted octanol–water partition coefficient (Wildman–Crippen LogP) is 3.59. The number of carboxylic acid groups (broad SMARTS) is 1. The lowest BCUT2D eigenvalue weighted by Gasteiger charge is -2.14. The maximum atomic E-state index is 11.2. The molecule has 1 aromatic heterocycles. The lowest BCUT2D eigenvalue weighted by Crippen LogP contribution is -2.08. The van der Waals surface area contributed by atoms with Crippen molar-refractivity contribution in [2.75, 3.05) is 0 Å². The number of aromatic nitrogens is 1. The largest absolute Gasteiger partial charge is 0.486 e. The summed E-state index contributed by atoms with van der Waals surface area (Å²) in [6, 6.07) is 7.59. The highest BCUT2D eigenvalue weighted by Crippen LogP contribution is 2.22. The number of hydrogen-bond acceptors (Lipinski definition) is 3. The van der Waals surface area contributed by atoms with Crippen LogP contribution >= 0.6 is 0 Å². The Balaban J connectivity index is 2.27. The van der Waals surface area contributed by atoms with Crippen molar-refractivity contribution in [1.29, 1.82) is 0 Å². The van der Waals surface area contributed by atoms with E-state index in [2.05, 4.69) is 24.0 Å². The summed E-state index contributed by atoms with van der Waals surface area (Å²) in [6.07, 6.45) is 0. The van der Waals surface area contributed by atoms with Crippen LogP contribution < -0.4 is 4.74 Å². The highest BCUT2D eigenvalue weighted by molar-refractivity contribution is 5.88. The second-order valence-corrected chi connectivity index (χ2v) is 5.27. The van der Waals surface area contributed by atoms with Crippen molar-refractivity contribution < 1.29 is 14.6 Å². The number of carboxylic acids is 1. The molecule has 0 bridgehead atoms. The second-order valence-electron chi connectivity index (χ2n) is 5.27. The molecule has 2 aromatic rings. The van der Waals surface area contributed by atoms with E-state index in [4.69, 9.17) is 4.74 Å². The lowest BCUT2D eigenvalue weighted by molar-refractivity contribution is 0.0684. The van der Waals surface area contributed by atoms with E-state index in [0.29, 0.717) is 18.1 Å². The Bertz CT molecular complexity index is 669. The molecule has 0 fully saturated rings. The number of ether oxygens (including phenoxy) is 1. The summed E-state index contributed by atoms with van der Waals surface area (Å²) in [5.74, 6) is -0.779. The Hall–Kier alpha value is -2.36. The fraction of sp³-hybridized carbons (Fsp3) is 0.294. The summed E-state index contributed by atoms with van der Waals surface area (Å²) in [4.78, 5) is 15.2. The Labute approximate surface area is 124 Å². The summed E-state index contributed by atoms with van der Waals surface area (Å²) in [5.41, 5.74) is 5.18. The molecule has 0 radical (unpaired) electrons. The van der Waals surface area contributed by atoms with E-state index in [0.717, 1.165) is 16.7 Å². The number of aryl methyl sites for hydroxylation is 4. The van der Waals surface area contributed by atoms with Crippen LogP contribution in [-0.2, 0) is 6.61 Å². The zero-order valence-electron chi connectivity index (χ0n) is 12.7. The highest BCUT2D eigenvalue weighted by Gasteiger charge is 2.14. The van der Waals surface area contributed by atoms with Crippen LogP contribution in [0.25, 0.3) is 0 Å². The minimum atomic E-state index is -1.08. The predicted molar refractivity (Wildman–Crippen MR) is 80.9 cm³/mol. The first-order valence-electron chi connectivity index (χ1n) is 6.79. The summed E-state index contributed by atoms with van der Waals surface area (Å²) >= 11 is 0. The normalized spacial score (nSPS) is 10.5. The molecular formula is C17H19NO3. The molecule has 1 aromatic carbocycles. The molecule has 0 atom stereocenters. The zero-order valence-corrected chi connectivity index (χ0v) is 12.7. The van der Waals surface area contributed by atoms with Gasteiger partial charge in [-0.05, 0) is 56.5 Å². The molecule has 21 heavy (non-hydrogen) atoms. The lowest BCUT2D eigenvalue weighted by atomic mass is 10.0. The first kappa shape index (κ1) is 15.0. The van der Waals surface area contributed by atoms with Crippen LogP contribution in [0.15, 0.2) is 24.3 Å².